The van der Waals surface area contributed by atoms with Gasteiger partial charge in [0.2, 0.25) is 11.8 Å². The quantitative estimate of drug-likeness (QED) is 0.270. The summed E-state index contributed by atoms with van der Waals surface area (Å²) in [4.78, 5) is 18.7. The molecule has 2 heterocycles. The molecule has 1 atom stereocenters. The molecule has 170 valence electrons. The van der Waals surface area contributed by atoms with E-state index in [1.807, 2.05) is 48.7 Å². The lowest BCUT2D eigenvalue weighted by Gasteiger charge is -2.19. The first-order valence-corrected chi connectivity index (χ1v) is 12.6. The topological polar surface area (TPSA) is 72.1 Å². The van der Waals surface area contributed by atoms with E-state index in [-0.39, 0.29) is 5.91 Å². The van der Waals surface area contributed by atoms with E-state index in [1.165, 1.54) is 34.2 Å². The Morgan fingerprint density at radius 1 is 1.12 bits per heavy atom. The molecule has 1 amide bonds. The first-order valence-electron chi connectivity index (χ1n) is 10.7. The molecule has 0 radical (unpaired) electrons. The Balaban J connectivity index is 1.39. The number of carbonyl (C=O) groups excluding carboxylic acids is 1. The highest BCUT2D eigenvalue weighted by Crippen LogP contribution is 2.32. The molecule has 0 N–H and O–H groups in total. The van der Waals surface area contributed by atoms with Crippen LogP contribution in [0, 0.1) is 13.8 Å². The van der Waals surface area contributed by atoms with Gasteiger partial charge in [-0.1, -0.05) is 55.1 Å². The highest BCUT2D eigenvalue weighted by Gasteiger charge is 2.19. The average Bonchev–Trinajstić information content (AvgIpc) is 3.45. The molecule has 6 nitrogen and oxygen atoms in total. The van der Waals surface area contributed by atoms with Crippen LogP contribution in [-0.2, 0) is 17.0 Å². The number of benzene rings is 2. The molecule has 2 aromatic carbocycles. The van der Waals surface area contributed by atoms with Gasteiger partial charge in [-0.15, -0.1) is 21.5 Å². The van der Waals surface area contributed by atoms with E-state index < -0.39 is 0 Å². The van der Waals surface area contributed by atoms with Crippen molar-refractivity contribution in [2.75, 3.05) is 4.90 Å². The van der Waals surface area contributed by atoms with Crippen LogP contribution >= 0.6 is 23.1 Å². The SMILES string of the molecule is CC(=O)N(c1ccc(C)c(C)c1)c1nc(CSc2nnc(CC(C)c3ccccc3)o2)cs1. The summed E-state index contributed by atoms with van der Waals surface area (Å²) >= 11 is 2.90. The highest BCUT2D eigenvalue weighted by molar-refractivity contribution is 7.98. The molecule has 2 aromatic heterocycles. The van der Waals surface area contributed by atoms with E-state index in [0.717, 1.165) is 16.9 Å². The first kappa shape index (κ1) is 23.2. The van der Waals surface area contributed by atoms with Gasteiger partial charge in [-0.25, -0.2) is 4.98 Å². The number of carbonyl (C=O) groups is 1. The molecule has 0 saturated heterocycles. The zero-order valence-corrected chi connectivity index (χ0v) is 20.7. The first-order chi connectivity index (χ1) is 15.9. The lowest BCUT2D eigenvalue weighted by Crippen LogP contribution is -2.22. The molecule has 8 heteroatoms. The van der Waals surface area contributed by atoms with Crippen molar-refractivity contribution in [1.82, 2.24) is 15.2 Å². The number of amides is 1. The Hall–Kier alpha value is -2.97. The lowest BCUT2D eigenvalue weighted by molar-refractivity contribution is -0.115. The summed E-state index contributed by atoms with van der Waals surface area (Å²) in [6.07, 6.45) is 0.696. The molecule has 1 unspecified atom stereocenters. The van der Waals surface area contributed by atoms with Gasteiger partial charge in [-0.2, -0.15) is 0 Å². The average molecular weight is 479 g/mol. The molecule has 0 aliphatic rings. The van der Waals surface area contributed by atoms with Gasteiger partial charge in [-0.05, 0) is 48.6 Å². The maximum Gasteiger partial charge on any atom is 0.276 e. The molecule has 0 saturated carbocycles. The Morgan fingerprint density at radius 3 is 2.64 bits per heavy atom. The Bertz CT molecular complexity index is 1240. The third-order valence-corrected chi connectivity index (χ3v) is 7.16. The number of aryl methyl sites for hydroxylation is 2. The Labute approximate surface area is 202 Å². The van der Waals surface area contributed by atoms with Gasteiger partial charge in [0.15, 0.2) is 5.13 Å². The van der Waals surface area contributed by atoms with E-state index >= 15 is 0 Å². The van der Waals surface area contributed by atoms with Gasteiger partial charge in [-0.3, -0.25) is 9.69 Å². The van der Waals surface area contributed by atoms with E-state index in [1.54, 1.807) is 11.8 Å². The fourth-order valence-corrected chi connectivity index (χ4v) is 5.10. The van der Waals surface area contributed by atoms with Crippen molar-refractivity contribution in [1.29, 1.82) is 0 Å². The molecule has 33 heavy (non-hydrogen) atoms. The van der Waals surface area contributed by atoms with Crippen LogP contribution in [-0.4, -0.2) is 21.1 Å². The van der Waals surface area contributed by atoms with Crippen LogP contribution in [0.4, 0.5) is 10.8 Å². The van der Waals surface area contributed by atoms with Crippen molar-refractivity contribution < 1.29 is 9.21 Å². The molecule has 4 aromatic rings. The molecule has 4 rings (SSSR count). The van der Waals surface area contributed by atoms with Gasteiger partial charge in [0.25, 0.3) is 5.22 Å². The van der Waals surface area contributed by atoms with Crippen LogP contribution in [0.5, 0.6) is 0 Å². The zero-order valence-electron chi connectivity index (χ0n) is 19.1. The summed E-state index contributed by atoms with van der Waals surface area (Å²) in [5.41, 5.74) is 5.27. The summed E-state index contributed by atoms with van der Waals surface area (Å²) in [5, 5.41) is 11.5. The van der Waals surface area contributed by atoms with Crippen LogP contribution in [0.15, 0.2) is 63.6 Å². The normalized spacial score (nSPS) is 12.0. The number of hydrogen-bond donors (Lipinski definition) is 0. The maximum absolute atomic E-state index is 12.4. The molecule has 0 bridgehead atoms. The lowest BCUT2D eigenvalue weighted by atomic mass is 9.98. The minimum atomic E-state index is -0.0686. The molecule has 0 fully saturated rings. The number of rotatable bonds is 8. The minimum Gasteiger partial charge on any atom is -0.416 e. The van der Waals surface area contributed by atoms with Crippen molar-refractivity contribution in [3.8, 4) is 0 Å². The van der Waals surface area contributed by atoms with Crippen molar-refractivity contribution in [2.45, 2.75) is 51.0 Å². The van der Waals surface area contributed by atoms with Gasteiger partial charge in [0.05, 0.1) is 11.4 Å². The number of nitrogens with zero attached hydrogens (tertiary/aromatic N) is 4. The molecule has 0 aliphatic heterocycles. The molecular formula is C25H26N4O2S2. The zero-order chi connectivity index (χ0) is 23.4. The van der Waals surface area contributed by atoms with Crippen molar-refractivity contribution in [3.63, 3.8) is 0 Å². The van der Waals surface area contributed by atoms with Crippen molar-refractivity contribution >= 4 is 39.8 Å². The smallest absolute Gasteiger partial charge is 0.276 e. The summed E-state index contributed by atoms with van der Waals surface area (Å²) < 4.78 is 5.84. The molecule has 0 spiro atoms. The van der Waals surface area contributed by atoms with Crippen LogP contribution < -0.4 is 4.90 Å². The maximum atomic E-state index is 12.4. The predicted molar refractivity (Wildman–Crippen MR) is 133 cm³/mol. The van der Waals surface area contributed by atoms with E-state index in [0.29, 0.717) is 34.3 Å². The number of thiazole rings is 1. The van der Waals surface area contributed by atoms with Gasteiger partial charge >= 0.3 is 0 Å². The molecule has 0 aliphatic carbocycles. The van der Waals surface area contributed by atoms with Gasteiger partial charge in [0, 0.05) is 24.5 Å². The predicted octanol–water partition coefficient (Wildman–Crippen LogP) is 6.47. The number of aromatic nitrogens is 3. The summed E-state index contributed by atoms with van der Waals surface area (Å²) in [5.74, 6) is 1.45. The Morgan fingerprint density at radius 2 is 1.91 bits per heavy atom. The summed E-state index contributed by atoms with van der Waals surface area (Å²) in [7, 11) is 0. The van der Waals surface area contributed by atoms with Crippen molar-refractivity contribution in [2.24, 2.45) is 0 Å². The Kier molecular flexibility index (Phi) is 7.25. The van der Waals surface area contributed by atoms with Crippen LogP contribution in [0.1, 0.15) is 48.0 Å². The van der Waals surface area contributed by atoms with Crippen molar-refractivity contribution in [3.05, 3.63) is 82.2 Å². The van der Waals surface area contributed by atoms with Crippen LogP contribution in [0.25, 0.3) is 0 Å². The van der Waals surface area contributed by atoms with Crippen LogP contribution in [0.3, 0.4) is 0 Å². The minimum absolute atomic E-state index is 0.0686. The number of anilines is 2. The second-order valence-electron chi connectivity index (χ2n) is 8.01. The number of hydrogen-bond acceptors (Lipinski definition) is 7. The van der Waals surface area contributed by atoms with Gasteiger partial charge in [0.1, 0.15) is 0 Å². The third-order valence-electron chi connectivity index (χ3n) is 5.44. The highest BCUT2D eigenvalue weighted by atomic mass is 32.2. The summed E-state index contributed by atoms with van der Waals surface area (Å²) in [6.45, 7) is 7.81. The fraction of sp³-hybridized carbons (Fsp3) is 0.280. The second-order valence-corrected chi connectivity index (χ2v) is 9.77. The largest absolute Gasteiger partial charge is 0.416 e. The monoisotopic (exact) mass is 478 g/mol. The molecular weight excluding hydrogens is 452 g/mol. The third kappa shape index (κ3) is 5.69. The fourth-order valence-electron chi connectivity index (χ4n) is 3.43. The second kappa shape index (κ2) is 10.3. The van der Waals surface area contributed by atoms with E-state index in [4.69, 9.17) is 4.42 Å². The van der Waals surface area contributed by atoms with Gasteiger partial charge < -0.3 is 4.42 Å². The van der Waals surface area contributed by atoms with E-state index in [9.17, 15) is 4.79 Å². The standard InChI is InChI=1S/C25H26N4O2S2/c1-16-10-11-22(12-17(16)2)29(19(4)30)24-26-21(14-32-24)15-33-25-28-27-23(31-25)13-18(3)20-8-6-5-7-9-20/h5-12,14,18H,13,15H2,1-4H3. The van der Waals surface area contributed by atoms with E-state index in [2.05, 4.69) is 41.2 Å². The summed E-state index contributed by atoms with van der Waals surface area (Å²) in [6, 6.07) is 16.3. The number of thioether (sulfide) groups is 1. The van der Waals surface area contributed by atoms with Crippen LogP contribution in [0.2, 0.25) is 0 Å².